The standard InChI is InChI=1S/C13H15NO2/c1-10(12-7-8-16-13(12)15)14-9-11-5-3-2-4-6-11/h2-6,12,14H,1,7-9H2. The molecule has 1 fully saturated rings. The Kier molecular flexibility index (Phi) is 3.25. The second-order valence-corrected chi connectivity index (χ2v) is 3.87. The number of nitrogens with one attached hydrogen (secondary N) is 1. The van der Waals surface area contributed by atoms with Gasteiger partial charge in [0.2, 0.25) is 0 Å². The van der Waals surface area contributed by atoms with Gasteiger partial charge in [0.1, 0.15) is 0 Å². The molecule has 0 bridgehead atoms. The number of ether oxygens (including phenoxy) is 1. The molecule has 3 nitrogen and oxygen atoms in total. The van der Waals surface area contributed by atoms with E-state index in [4.69, 9.17) is 4.74 Å². The Morgan fingerprint density at radius 3 is 2.81 bits per heavy atom. The van der Waals surface area contributed by atoms with E-state index in [0.717, 1.165) is 12.1 Å². The van der Waals surface area contributed by atoms with Crippen LogP contribution in [0, 0.1) is 5.92 Å². The molecule has 0 spiro atoms. The maximum Gasteiger partial charge on any atom is 0.315 e. The molecule has 1 heterocycles. The van der Waals surface area contributed by atoms with Crippen molar-refractivity contribution < 1.29 is 9.53 Å². The van der Waals surface area contributed by atoms with Gasteiger partial charge < -0.3 is 10.1 Å². The third-order valence-electron chi connectivity index (χ3n) is 2.72. The van der Waals surface area contributed by atoms with Crippen molar-refractivity contribution in [2.24, 2.45) is 5.92 Å². The van der Waals surface area contributed by atoms with E-state index in [-0.39, 0.29) is 11.9 Å². The molecule has 1 aliphatic rings. The molecule has 84 valence electrons. The summed E-state index contributed by atoms with van der Waals surface area (Å²) in [5, 5.41) is 3.18. The first-order chi connectivity index (χ1) is 7.77. The second kappa shape index (κ2) is 4.84. The van der Waals surface area contributed by atoms with Gasteiger partial charge in [0, 0.05) is 18.7 Å². The van der Waals surface area contributed by atoms with Crippen LogP contribution in [0.3, 0.4) is 0 Å². The van der Waals surface area contributed by atoms with E-state index in [1.54, 1.807) is 0 Å². The molecular formula is C13H15NO2. The molecule has 1 atom stereocenters. The van der Waals surface area contributed by atoms with E-state index < -0.39 is 0 Å². The molecule has 0 aliphatic carbocycles. The summed E-state index contributed by atoms with van der Waals surface area (Å²) in [5.74, 6) is -0.339. The van der Waals surface area contributed by atoms with Gasteiger partial charge in [0.25, 0.3) is 0 Å². The van der Waals surface area contributed by atoms with Gasteiger partial charge in [-0.05, 0) is 5.56 Å². The number of carbonyl (C=O) groups excluding carboxylic acids is 1. The third kappa shape index (κ3) is 2.42. The van der Waals surface area contributed by atoms with E-state index in [0.29, 0.717) is 13.2 Å². The van der Waals surface area contributed by atoms with Gasteiger partial charge in [0.05, 0.1) is 12.5 Å². The Hall–Kier alpha value is -1.77. The fourth-order valence-electron chi connectivity index (χ4n) is 1.75. The zero-order chi connectivity index (χ0) is 11.4. The average molecular weight is 217 g/mol. The molecule has 1 saturated heterocycles. The van der Waals surface area contributed by atoms with E-state index in [1.165, 1.54) is 5.56 Å². The van der Waals surface area contributed by atoms with Gasteiger partial charge >= 0.3 is 5.97 Å². The predicted molar refractivity (Wildman–Crippen MR) is 61.5 cm³/mol. The van der Waals surface area contributed by atoms with Gasteiger partial charge in [0.15, 0.2) is 0 Å². The molecule has 1 aliphatic heterocycles. The van der Waals surface area contributed by atoms with E-state index in [1.807, 2.05) is 30.3 Å². The molecule has 0 amide bonds. The van der Waals surface area contributed by atoms with Gasteiger partial charge in [-0.3, -0.25) is 4.79 Å². The van der Waals surface area contributed by atoms with Crippen LogP contribution in [0.2, 0.25) is 0 Å². The molecule has 1 aromatic carbocycles. The summed E-state index contributed by atoms with van der Waals surface area (Å²) >= 11 is 0. The van der Waals surface area contributed by atoms with Crippen molar-refractivity contribution in [3.05, 3.63) is 48.2 Å². The summed E-state index contributed by atoms with van der Waals surface area (Å²) in [6, 6.07) is 10.0. The summed E-state index contributed by atoms with van der Waals surface area (Å²) in [5.41, 5.74) is 1.93. The highest BCUT2D eigenvalue weighted by molar-refractivity contribution is 5.77. The minimum absolute atomic E-state index is 0.162. The topological polar surface area (TPSA) is 38.3 Å². The number of rotatable bonds is 4. The number of hydrogen-bond acceptors (Lipinski definition) is 3. The van der Waals surface area contributed by atoms with Crippen molar-refractivity contribution >= 4 is 5.97 Å². The second-order valence-electron chi connectivity index (χ2n) is 3.87. The first-order valence-electron chi connectivity index (χ1n) is 5.40. The fourth-order valence-corrected chi connectivity index (χ4v) is 1.75. The van der Waals surface area contributed by atoms with Crippen molar-refractivity contribution in [1.82, 2.24) is 5.32 Å². The van der Waals surface area contributed by atoms with Crippen LogP contribution in [0.25, 0.3) is 0 Å². The lowest BCUT2D eigenvalue weighted by Crippen LogP contribution is -2.22. The van der Waals surface area contributed by atoms with Gasteiger partial charge in [-0.2, -0.15) is 0 Å². The molecule has 1 aromatic rings. The maximum absolute atomic E-state index is 11.3. The number of esters is 1. The molecule has 0 saturated carbocycles. The highest BCUT2D eigenvalue weighted by Crippen LogP contribution is 2.20. The molecular weight excluding hydrogens is 202 g/mol. The van der Waals surface area contributed by atoms with Crippen molar-refractivity contribution in [3.8, 4) is 0 Å². The minimum Gasteiger partial charge on any atom is -0.465 e. The molecule has 2 rings (SSSR count). The van der Waals surface area contributed by atoms with Crippen LogP contribution in [0.4, 0.5) is 0 Å². The molecule has 1 N–H and O–H groups in total. The highest BCUT2D eigenvalue weighted by atomic mass is 16.5. The summed E-state index contributed by atoms with van der Waals surface area (Å²) in [4.78, 5) is 11.3. The Bertz CT molecular complexity index is 386. The third-order valence-corrected chi connectivity index (χ3v) is 2.72. The normalized spacial score (nSPS) is 19.2. The van der Waals surface area contributed by atoms with Gasteiger partial charge in [-0.15, -0.1) is 0 Å². The van der Waals surface area contributed by atoms with Crippen molar-refractivity contribution in [1.29, 1.82) is 0 Å². The van der Waals surface area contributed by atoms with Crippen LogP contribution < -0.4 is 5.32 Å². The van der Waals surface area contributed by atoms with Crippen LogP contribution in [-0.2, 0) is 16.1 Å². The van der Waals surface area contributed by atoms with Gasteiger partial charge in [-0.1, -0.05) is 36.9 Å². The summed E-state index contributed by atoms with van der Waals surface area (Å²) in [7, 11) is 0. The van der Waals surface area contributed by atoms with Crippen LogP contribution in [0.5, 0.6) is 0 Å². The zero-order valence-electron chi connectivity index (χ0n) is 9.11. The number of benzene rings is 1. The smallest absolute Gasteiger partial charge is 0.315 e. The van der Waals surface area contributed by atoms with Crippen LogP contribution in [0.1, 0.15) is 12.0 Å². The van der Waals surface area contributed by atoms with Crippen LogP contribution in [0.15, 0.2) is 42.6 Å². The molecule has 0 radical (unpaired) electrons. The summed E-state index contributed by atoms with van der Waals surface area (Å²) in [6.07, 6.45) is 0.736. The molecule has 1 unspecified atom stereocenters. The zero-order valence-corrected chi connectivity index (χ0v) is 9.11. The monoisotopic (exact) mass is 217 g/mol. The number of carbonyl (C=O) groups is 1. The molecule has 0 aromatic heterocycles. The molecule has 16 heavy (non-hydrogen) atoms. The van der Waals surface area contributed by atoms with E-state index in [2.05, 4.69) is 11.9 Å². The van der Waals surface area contributed by atoms with Crippen molar-refractivity contribution in [2.45, 2.75) is 13.0 Å². The SMILES string of the molecule is C=C(NCc1ccccc1)C1CCOC1=O. The van der Waals surface area contributed by atoms with Crippen LogP contribution in [-0.4, -0.2) is 12.6 Å². The maximum atomic E-state index is 11.3. The average Bonchev–Trinajstić information content (AvgIpc) is 2.74. The fraction of sp³-hybridized carbons (Fsp3) is 0.308. The summed E-state index contributed by atoms with van der Waals surface area (Å²) < 4.78 is 4.90. The van der Waals surface area contributed by atoms with Crippen molar-refractivity contribution in [3.63, 3.8) is 0 Å². The largest absolute Gasteiger partial charge is 0.465 e. The van der Waals surface area contributed by atoms with Gasteiger partial charge in [-0.25, -0.2) is 0 Å². The quantitative estimate of drug-likeness (QED) is 0.782. The molecule has 3 heteroatoms. The Morgan fingerprint density at radius 1 is 1.44 bits per heavy atom. The summed E-state index contributed by atoms with van der Waals surface area (Å²) in [6.45, 7) is 5.10. The van der Waals surface area contributed by atoms with E-state index in [9.17, 15) is 4.79 Å². The lowest BCUT2D eigenvalue weighted by Gasteiger charge is -2.12. The predicted octanol–water partition coefficient (Wildman–Crippen LogP) is 1.85. The van der Waals surface area contributed by atoms with E-state index >= 15 is 0 Å². The minimum atomic E-state index is -0.177. The lowest BCUT2D eigenvalue weighted by molar-refractivity contribution is -0.140. The van der Waals surface area contributed by atoms with Crippen molar-refractivity contribution in [2.75, 3.05) is 6.61 Å². The lowest BCUT2D eigenvalue weighted by atomic mass is 10.1. The highest BCUT2D eigenvalue weighted by Gasteiger charge is 2.28. The number of hydrogen-bond donors (Lipinski definition) is 1. The Morgan fingerprint density at radius 2 is 2.19 bits per heavy atom. The Balaban J connectivity index is 1.86. The number of cyclic esters (lactones) is 1. The Labute approximate surface area is 95.1 Å². The van der Waals surface area contributed by atoms with Crippen LogP contribution >= 0.6 is 0 Å². The first-order valence-corrected chi connectivity index (χ1v) is 5.40. The first kappa shape index (κ1) is 10.7.